The van der Waals surface area contributed by atoms with Gasteiger partial charge in [-0.15, -0.1) is 12.4 Å². The smallest absolute Gasteiger partial charge is 0.245 e. The van der Waals surface area contributed by atoms with Crippen molar-refractivity contribution in [2.24, 2.45) is 5.92 Å². The lowest BCUT2D eigenvalue weighted by molar-refractivity contribution is -0.136. The maximum atomic E-state index is 13.2. The first-order chi connectivity index (χ1) is 13.0. The summed E-state index contributed by atoms with van der Waals surface area (Å²) in [5, 5.41) is 4.03. The fourth-order valence-corrected chi connectivity index (χ4v) is 5.45. The highest BCUT2D eigenvalue weighted by Crippen LogP contribution is 2.26. The number of pyridine rings is 1. The average Bonchev–Trinajstić information content (AvgIpc) is 3.21. The first-order valence-electron chi connectivity index (χ1n) is 9.32. The van der Waals surface area contributed by atoms with Crippen LogP contribution in [0.4, 0.5) is 0 Å². The normalized spacial score (nSPS) is 20.9. The van der Waals surface area contributed by atoms with Gasteiger partial charge in [0.05, 0.1) is 11.4 Å². The second-order valence-electron chi connectivity index (χ2n) is 7.26. The minimum absolute atomic E-state index is 0. The van der Waals surface area contributed by atoms with Gasteiger partial charge >= 0.3 is 0 Å². The molecule has 0 radical (unpaired) electrons. The molecule has 1 amide bonds. The molecule has 0 saturated carbocycles. The molecule has 2 aliphatic rings. The van der Waals surface area contributed by atoms with Gasteiger partial charge in [-0.25, -0.2) is 8.42 Å². The van der Waals surface area contributed by atoms with E-state index in [9.17, 15) is 13.2 Å². The number of fused-ring (bicyclic) bond motifs is 1. The number of piperazine rings is 1. The van der Waals surface area contributed by atoms with Gasteiger partial charge in [0.25, 0.3) is 0 Å². The molecule has 1 N–H and O–H groups in total. The summed E-state index contributed by atoms with van der Waals surface area (Å²) >= 11 is 0. The molecule has 1 unspecified atom stereocenters. The predicted molar refractivity (Wildman–Crippen MR) is 110 cm³/mol. The summed E-state index contributed by atoms with van der Waals surface area (Å²) in [5.41, 5.74) is 1.49. The molecule has 0 bridgehead atoms. The van der Waals surface area contributed by atoms with Crippen molar-refractivity contribution in [1.29, 1.82) is 0 Å². The van der Waals surface area contributed by atoms with E-state index in [0.717, 1.165) is 30.5 Å². The molecule has 0 spiro atoms. The van der Waals surface area contributed by atoms with E-state index in [-0.39, 0.29) is 29.1 Å². The summed E-state index contributed by atoms with van der Waals surface area (Å²) in [6, 6.07) is 7.18. The molecule has 2 aromatic rings. The maximum Gasteiger partial charge on any atom is 0.245 e. The van der Waals surface area contributed by atoms with Gasteiger partial charge in [-0.3, -0.25) is 9.78 Å². The SMILES string of the molecule is Cc1cnc2c(S(=O)(=O)N3CCN(C(=O)C4CCNC4)CC3)cccc2c1.Cl. The fraction of sp³-hybridized carbons (Fsp3) is 0.474. The molecular formula is C19H25ClN4O3S. The third-order valence-corrected chi connectivity index (χ3v) is 7.32. The number of rotatable bonds is 3. The van der Waals surface area contributed by atoms with Crippen LogP contribution in [-0.4, -0.2) is 67.8 Å². The molecule has 1 aromatic heterocycles. The van der Waals surface area contributed by atoms with Crippen LogP contribution in [0.1, 0.15) is 12.0 Å². The van der Waals surface area contributed by atoms with Gasteiger partial charge in [-0.1, -0.05) is 12.1 Å². The van der Waals surface area contributed by atoms with Gasteiger partial charge in [0.1, 0.15) is 4.90 Å². The minimum Gasteiger partial charge on any atom is -0.340 e. The Bertz CT molecular complexity index is 968. The lowest BCUT2D eigenvalue weighted by Gasteiger charge is -2.35. The van der Waals surface area contributed by atoms with Gasteiger partial charge < -0.3 is 10.2 Å². The summed E-state index contributed by atoms with van der Waals surface area (Å²) in [6.45, 7) is 5.03. The highest BCUT2D eigenvalue weighted by molar-refractivity contribution is 7.89. The molecule has 28 heavy (non-hydrogen) atoms. The van der Waals surface area contributed by atoms with Crippen molar-refractivity contribution in [3.8, 4) is 0 Å². The number of sulfonamides is 1. The zero-order chi connectivity index (χ0) is 19.0. The van der Waals surface area contributed by atoms with Crippen LogP contribution in [0.25, 0.3) is 10.9 Å². The van der Waals surface area contributed by atoms with Gasteiger partial charge in [-0.05, 0) is 37.6 Å². The summed E-state index contributed by atoms with van der Waals surface area (Å²) < 4.78 is 27.9. The molecule has 152 valence electrons. The molecule has 1 atom stereocenters. The van der Waals surface area contributed by atoms with Gasteiger partial charge in [0.2, 0.25) is 15.9 Å². The summed E-state index contributed by atoms with van der Waals surface area (Å²) in [6.07, 6.45) is 2.55. The van der Waals surface area contributed by atoms with Gasteiger partial charge in [0.15, 0.2) is 0 Å². The molecule has 7 nitrogen and oxygen atoms in total. The van der Waals surface area contributed by atoms with E-state index < -0.39 is 10.0 Å². The Morgan fingerprint density at radius 1 is 1.21 bits per heavy atom. The number of carbonyl (C=O) groups excluding carboxylic acids is 1. The first kappa shape index (κ1) is 21.0. The molecule has 0 aliphatic carbocycles. The van der Waals surface area contributed by atoms with Gasteiger partial charge in [0, 0.05) is 44.3 Å². The number of para-hydroxylation sites is 1. The van der Waals surface area contributed by atoms with Crippen molar-refractivity contribution in [2.75, 3.05) is 39.3 Å². The topological polar surface area (TPSA) is 82.6 Å². The monoisotopic (exact) mass is 424 g/mol. The van der Waals surface area contributed by atoms with Crippen LogP contribution in [0.5, 0.6) is 0 Å². The van der Waals surface area contributed by atoms with E-state index in [1.165, 1.54) is 4.31 Å². The van der Waals surface area contributed by atoms with Crippen molar-refractivity contribution < 1.29 is 13.2 Å². The van der Waals surface area contributed by atoms with Crippen LogP contribution in [0.2, 0.25) is 0 Å². The number of halogens is 1. The van der Waals surface area contributed by atoms with E-state index in [2.05, 4.69) is 10.3 Å². The second kappa shape index (κ2) is 8.32. The third kappa shape index (κ3) is 3.87. The number of benzene rings is 1. The molecule has 9 heteroatoms. The first-order valence-corrected chi connectivity index (χ1v) is 10.8. The van der Waals surface area contributed by atoms with E-state index in [1.807, 2.05) is 19.1 Å². The van der Waals surface area contributed by atoms with Crippen molar-refractivity contribution in [1.82, 2.24) is 19.5 Å². The van der Waals surface area contributed by atoms with E-state index >= 15 is 0 Å². The minimum atomic E-state index is -3.65. The fourth-order valence-electron chi connectivity index (χ4n) is 3.86. The Morgan fingerprint density at radius 2 is 1.96 bits per heavy atom. The Kier molecular flexibility index (Phi) is 6.24. The largest absolute Gasteiger partial charge is 0.340 e. The highest BCUT2D eigenvalue weighted by atomic mass is 35.5. The lowest BCUT2D eigenvalue weighted by Crippen LogP contribution is -2.52. The van der Waals surface area contributed by atoms with Crippen LogP contribution in [0.3, 0.4) is 0 Å². The second-order valence-corrected chi connectivity index (χ2v) is 9.17. The van der Waals surface area contributed by atoms with Crippen LogP contribution < -0.4 is 5.32 Å². The molecule has 2 fully saturated rings. The number of aromatic nitrogens is 1. The standard InChI is InChI=1S/C19H24N4O3S.ClH/c1-14-11-15-3-2-4-17(18(15)21-12-14)27(25,26)23-9-7-22(8-10-23)19(24)16-5-6-20-13-16;/h2-4,11-12,16,20H,5-10,13H2,1H3;1H. The zero-order valence-corrected chi connectivity index (χ0v) is 17.4. The number of aryl methyl sites for hydroxylation is 1. The Hall–Kier alpha value is -1.74. The highest BCUT2D eigenvalue weighted by Gasteiger charge is 2.34. The van der Waals surface area contributed by atoms with Crippen molar-refractivity contribution >= 4 is 39.2 Å². The number of hydrogen-bond acceptors (Lipinski definition) is 5. The van der Waals surface area contributed by atoms with Gasteiger partial charge in [-0.2, -0.15) is 4.31 Å². The molecule has 3 heterocycles. The van der Waals surface area contributed by atoms with Crippen LogP contribution in [-0.2, 0) is 14.8 Å². The summed E-state index contributed by atoms with van der Waals surface area (Å²) in [4.78, 5) is 18.9. The average molecular weight is 425 g/mol. The van der Waals surface area contributed by atoms with E-state index in [4.69, 9.17) is 0 Å². The zero-order valence-electron chi connectivity index (χ0n) is 15.8. The number of nitrogens with one attached hydrogen (secondary N) is 1. The molecule has 2 aliphatic heterocycles. The summed E-state index contributed by atoms with van der Waals surface area (Å²) in [5.74, 6) is 0.165. The number of nitrogens with zero attached hydrogens (tertiary/aromatic N) is 3. The molecular weight excluding hydrogens is 400 g/mol. The Morgan fingerprint density at radius 3 is 2.64 bits per heavy atom. The van der Waals surface area contributed by atoms with Crippen molar-refractivity contribution in [2.45, 2.75) is 18.2 Å². The molecule has 1 aromatic carbocycles. The Balaban J connectivity index is 0.00000225. The third-order valence-electron chi connectivity index (χ3n) is 5.39. The van der Waals surface area contributed by atoms with E-state index in [0.29, 0.717) is 31.7 Å². The van der Waals surface area contributed by atoms with Crippen molar-refractivity contribution in [3.05, 3.63) is 36.0 Å². The van der Waals surface area contributed by atoms with E-state index in [1.54, 1.807) is 23.2 Å². The van der Waals surface area contributed by atoms with Crippen LogP contribution >= 0.6 is 12.4 Å². The quantitative estimate of drug-likeness (QED) is 0.805. The number of amides is 1. The Labute approximate surface area is 171 Å². The van der Waals surface area contributed by atoms with Crippen LogP contribution in [0, 0.1) is 12.8 Å². The number of carbonyl (C=O) groups is 1. The van der Waals surface area contributed by atoms with Crippen LogP contribution in [0.15, 0.2) is 35.4 Å². The number of hydrogen-bond donors (Lipinski definition) is 1. The molecule has 4 rings (SSSR count). The lowest BCUT2D eigenvalue weighted by atomic mass is 10.1. The summed E-state index contributed by atoms with van der Waals surface area (Å²) in [7, 11) is -3.65. The predicted octanol–water partition coefficient (Wildman–Crippen LogP) is 1.41. The maximum absolute atomic E-state index is 13.2. The molecule has 2 saturated heterocycles. The van der Waals surface area contributed by atoms with Crippen molar-refractivity contribution in [3.63, 3.8) is 0 Å².